The summed E-state index contributed by atoms with van der Waals surface area (Å²) < 4.78 is 4.90. The van der Waals surface area contributed by atoms with Crippen LogP contribution in [0.1, 0.15) is 13.8 Å². The Bertz CT molecular complexity index is 393. The summed E-state index contributed by atoms with van der Waals surface area (Å²) >= 11 is 0. The average Bonchev–Trinajstić information content (AvgIpc) is 2.66. The van der Waals surface area contributed by atoms with Crippen molar-refractivity contribution in [3.05, 3.63) is 49.6 Å². The van der Waals surface area contributed by atoms with Crippen molar-refractivity contribution in [1.82, 2.24) is 0 Å². The lowest BCUT2D eigenvalue weighted by Gasteiger charge is -2.23. The predicted octanol–water partition coefficient (Wildman–Crippen LogP) is 0.611. The Kier molecular flexibility index (Phi) is 27.0. The molecule has 0 rings (SSSR count). The highest BCUT2D eigenvalue weighted by atomic mass is 16.5. The van der Waals surface area contributed by atoms with Crippen molar-refractivity contribution >= 4 is 11.9 Å². The Balaban J connectivity index is -0.000000139. The molecule has 0 aliphatic rings. The van der Waals surface area contributed by atoms with Crippen LogP contribution in [0.15, 0.2) is 49.6 Å². The fraction of sp³-hybridized carbons (Fsp3) is 0.474. The van der Waals surface area contributed by atoms with Crippen LogP contribution < -0.4 is 0 Å². The van der Waals surface area contributed by atoms with Gasteiger partial charge in [-0.25, -0.2) is 9.59 Å². The number of hydrogen-bond acceptors (Lipinski definition) is 7. The Morgan fingerprint density at radius 3 is 1.07 bits per heavy atom. The van der Waals surface area contributed by atoms with E-state index in [1.54, 1.807) is 12.2 Å². The summed E-state index contributed by atoms with van der Waals surface area (Å²) in [5.41, 5.74) is -0.759. The average molecular weight is 406 g/mol. The molecule has 0 bridgehead atoms. The van der Waals surface area contributed by atoms with Crippen molar-refractivity contribution in [2.75, 3.05) is 39.6 Å². The zero-order valence-corrected chi connectivity index (χ0v) is 16.6. The van der Waals surface area contributed by atoms with Gasteiger partial charge in [-0.2, -0.15) is 0 Å². The van der Waals surface area contributed by atoms with E-state index in [0.29, 0.717) is 13.2 Å². The molecule has 0 spiro atoms. The third-order valence-corrected chi connectivity index (χ3v) is 2.54. The first-order valence-corrected chi connectivity index (χ1v) is 7.95. The number of aliphatic hydroxyl groups excluding tert-OH is 4. The molecule has 0 saturated heterocycles. The van der Waals surface area contributed by atoms with Gasteiger partial charge in [0.1, 0.15) is 0 Å². The van der Waals surface area contributed by atoms with Gasteiger partial charge in [-0.1, -0.05) is 25.3 Å². The van der Waals surface area contributed by atoms with Crippen LogP contribution in [0.5, 0.6) is 0 Å². The standard InChI is InChI=1S/C6H10O.C5H12O4.2C4H6O2/c1-3-5-7-6-4-2;6-1-5(2-7,3-8)4-9;2*1-3(2)4(5)6/h3-4H,1-2,5-6H2;6-9H,1-4H2;2*1H2,2H3,(H,5,6). The maximum atomic E-state index is 9.60. The topological polar surface area (TPSA) is 165 Å². The Morgan fingerprint density at radius 1 is 0.786 bits per heavy atom. The van der Waals surface area contributed by atoms with Crippen LogP contribution in [0.25, 0.3) is 0 Å². The lowest BCUT2D eigenvalue weighted by atomic mass is 9.93. The van der Waals surface area contributed by atoms with E-state index in [4.69, 9.17) is 35.4 Å². The summed E-state index contributed by atoms with van der Waals surface area (Å²) in [5.74, 6) is -1.87. The second kappa shape index (κ2) is 22.7. The minimum absolute atomic E-state index is 0.176. The van der Waals surface area contributed by atoms with Gasteiger partial charge in [0.05, 0.1) is 45.1 Å². The number of ether oxygens (including phenoxy) is 1. The van der Waals surface area contributed by atoms with Crippen molar-refractivity contribution in [1.29, 1.82) is 0 Å². The van der Waals surface area contributed by atoms with Crippen LogP contribution in [-0.4, -0.2) is 82.2 Å². The first-order chi connectivity index (χ1) is 12.9. The fourth-order valence-electron chi connectivity index (χ4n) is 0.535. The first-order valence-electron chi connectivity index (χ1n) is 7.95. The summed E-state index contributed by atoms with van der Waals surface area (Å²) in [6.07, 6.45) is 3.42. The zero-order chi connectivity index (χ0) is 23.2. The van der Waals surface area contributed by atoms with Crippen LogP contribution in [0.3, 0.4) is 0 Å². The predicted molar refractivity (Wildman–Crippen MR) is 107 cm³/mol. The lowest BCUT2D eigenvalue weighted by molar-refractivity contribution is -0.133. The maximum Gasteiger partial charge on any atom is 0.330 e. The summed E-state index contributed by atoms with van der Waals surface area (Å²) in [6, 6.07) is 0. The van der Waals surface area contributed by atoms with Crippen LogP contribution in [0, 0.1) is 5.41 Å². The molecule has 0 aromatic rings. The SMILES string of the molecule is C=C(C)C(=O)O.C=C(C)C(=O)O.C=CCOCC=C.OCC(CO)(CO)CO. The number of rotatable bonds is 10. The molecule has 0 aromatic carbocycles. The molecule has 0 atom stereocenters. The highest BCUT2D eigenvalue weighted by molar-refractivity contribution is 5.85. The molecule has 0 aromatic heterocycles. The number of carboxylic acids is 2. The molecular formula is C19H34O9. The van der Waals surface area contributed by atoms with Crippen LogP contribution in [0.2, 0.25) is 0 Å². The van der Waals surface area contributed by atoms with E-state index in [0.717, 1.165) is 0 Å². The van der Waals surface area contributed by atoms with Gasteiger partial charge < -0.3 is 35.4 Å². The number of carbonyl (C=O) groups is 2. The van der Waals surface area contributed by atoms with Crippen molar-refractivity contribution < 1.29 is 45.0 Å². The lowest BCUT2D eigenvalue weighted by Crippen LogP contribution is -2.37. The number of carboxylic acid groups (broad SMARTS) is 2. The number of hydrogen-bond donors (Lipinski definition) is 6. The number of aliphatic carboxylic acids is 2. The van der Waals surface area contributed by atoms with E-state index in [9.17, 15) is 9.59 Å². The van der Waals surface area contributed by atoms with Gasteiger partial charge in [-0.05, 0) is 13.8 Å². The largest absolute Gasteiger partial charge is 0.478 e. The van der Waals surface area contributed by atoms with Gasteiger partial charge in [0.2, 0.25) is 0 Å². The van der Waals surface area contributed by atoms with E-state index < -0.39 is 43.8 Å². The fourth-order valence-corrected chi connectivity index (χ4v) is 0.535. The molecule has 0 radical (unpaired) electrons. The third-order valence-electron chi connectivity index (χ3n) is 2.54. The summed E-state index contributed by atoms with van der Waals surface area (Å²) in [7, 11) is 0. The Labute approximate surface area is 166 Å². The molecule has 9 heteroatoms. The molecular weight excluding hydrogens is 372 g/mol. The highest BCUT2D eigenvalue weighted by Crippen LogP contribution is 2.11. The van der Waals surface area contributed by atoms with E-state index in [2.05, 4.69) is 26.3 Å². The normalized spacial score (nSPS) is 9.07. The van der Waals surface area contributed by atoms with E-state index in [1.807, 2.05) is 0 Å². The number of aliphatic hydroxyl groups is 4. The van der Waals surface area contributed by atoms with E-state index >= 15 is 0 Å². The van der Waals surface area contributed by atoms with Gasteiger partial charge in [-0.15, -0.1) is 13.2 Å². The molecule has 9 nitrogen and oxygen atoms in total. The molecule has 6 N–H and O–H groups in total. The van der Waals surface area contributed by atoms with Gasteiger partial charge in [-0.3, -0.25) is 0 Å². The first kappa shape index (κ1) is 33.3. The van der Waals surface area contributed by atoms with Gasteiger partial charge in [0, 0.05) is 11.1 Å². The Morgan fingerprint density at radius 2 is 1.00 bits per heavy atom. The van der Waals surface area contributed by atoms with Gasteiger partial charge >= 0.3 is 11.9 Å². The van der Waals surface area contributed by atoms with Crippen LogP contribution >= 0.6 is 0 Å². The molecule has 0 amide bonds. The molecule has 0 saturated carbocycles. The minimum atomic E-state index is -1.11. The summed E-state index contributed by atoms with van der Waals surface area (Å²) in [6.45, 7) is 15.8. The van der Waals surface area contributed by atoms with Crippen molar-refractivity contribution in [3.63, 3.8) is 0 Å². The second-order valence-corrected chi connectivity index (χ2v) is 5.42. The smallest absolute Gasteiger partial charge is 0.330 e. The van der Waals surface area contributed by atoms with Gasteiger partial charge in [0.25, 0.3) is 0 Å². The molecule has 28 heavy (non-hydrogen) atoms. The summed E-state index contributed by atoms with van der Waals surface area (Å²) in [5, 5.41) is 49.8. The maximum absolute atomic E-state index is 9.60. The molecule has 0 heterocycles. The van der Waals surface area contributed by atoms with Crippen molar-refractivity contribution in [3.8, 4) is 0 Å². The van der Waals surface area contributed by atoms with Crippen LogP contribution in [0.4, 0.5) is 0 Å². The summed E-state index contributed by atoms with van der Waals surface area (Å²) in [4.78, 5) is 19.2. The minimum Gasteiger partial charge on any atom is -0.478 e. The molecule has 0 fully saturated rings. The molecule has 0 unspecified atom stereocenters. The molecule has 0 aliphatic carbocycles. The van der Waals surface area contributed by atoms with Crippen LogP contribution in [-0.2, 0) is 14.3 Å². The van der Waals surface area contributed by atoms with Gasteiger partial charge in [0.15, 0.2) is 0 Å². The Hall–Kier alpha value is -2.30. The quantitative estimate of drug-likeness (QED) is 0.173. The van der Waals surface area contributed by atoms with Crippen molar-refractivity contribution in [2.24, 2.45) is 5.41 Å². The monoisotopic (exact) mass is 406 g/mol. The molecule has 164 valence electrons. The van der Waals surface area contributed by atoms with E-state index in [1.165, 1.54) is 13.8 Å². The van der Waals surface area contributed by atoms with E-state index in [-0.39, 0.29) is 11.1 Å². The van der Waals surface area contributed by atoms with Crippen molar-refractivity contribution in [2.45, 2.75) is 13.8 Å². The second-order valence-electron chi connectivity index (χ2n) is 5.42. The third kappa shape index (κ3) is 25.9. The molecule has 0 aliphatic heterocycles. The zero-order valence-electron chi connectivity index (χ0n) is 16.6. The highest BCUT2D eigenvalue weighted by Gasteiger charge is 2.26.